The molecule has 1 fully saturated rings. The number of amides is 2. The first kappa shape index (κ1) is 22.4. The van der Waals surface area contributed by atoms with Gasteiger partial charge < -0.3 is 15.2 Å². The largest absolute Gasteiger partial charge is 0.338 e. The summed E-state index contributed by atoms with van der Waals surface area (Å²) in [5, 5.41) is 2.84. The second-order valence-electron chi connectivity index (χ2n) is 8.31. The predicted octanol–water partition coefficient (Wildman–Crippen LogP) is 3.23. The van der Waals surface area contributed by atoms with Crippen LogP contribution >= 0.6 is 0 Å². The number of benzene rings is 1. The van der Waals surface area contributed by atoms with Crippen molar-refractivity contribution in [1.29, 1.82) is 0 Å². The third-order valence-electron chi connectivity index (χ3n) is 6.04. The maximum Gasteiger partial charge on any atom is 0.261 e. The second kappa shape index (κ2) is 9.36. The zero-order valence-corrected chi connectivity index (χ0v) is 19.0. The molecule has 0 bridgehead atoms. The Morgan fingerprint density at radius 3 is 2.64 bits per heavy atom. The Bertz CT molecular complexity index is 1250. The van der Waals surface area contributed by atoms with E-state index in [-0.39, 0.29) is 28.9 Å². The van der Waals surface area contributed by atoms with E-state index in [4.69, 9.17) is 0 Å². The number of nitrogens with zero attached hydrogens (tertiary/aromatic N) is 3. The van der Waals surface area contributed by atoms with Gasteiger partial charge >= 0.3 is 0 Å². The summed E-state index contributed by atoms with van der Waals surface area (Å²) in [6.07, 6.45) is 2.94. The number of aromatic amines is 1. The van der Waals surface area contributed by atoms with Gasteiger partial charge in [0, 0.05) is 36.6 Å². The van der Waals surface area contributed by atoms with E-state index in [0.717, 1.165) is 11.3 Å². The Balaban J connectivity index is 1.46. The number of hydrogen-bond acceptors (Lipinski definition) is 5. The highest BCUT2D eigenvalue weighted by Crippen LogP contribution is 2.26. The van der Waals surface area contributed by atoms with E-state index >= 15 is 0 Å². The van der Waals surface area contributed by atoms with Crippen molar-refractivity contribution < 1.29 is 9.59 Å². The van der Waals surface area contributed by atoms with Crippen LogP contribution in [-0.2, 0) is 6.42 Å². The molecule has 1 saturated heterocycles. The molecule has 170 valence electrons. The van der Waals surface area contributed by atoms with Gasteiger partial charge in [0.15, 0.2) is 0 Å². The highest BCUT2D eigenvalue weighted by Gasteiger charge is 2.31. The highest BCUT2D eigenvalue weighted by atomic mass is 16.2. The number of pyridine rings is 1. The molecule has 3 aromatic rings. The maximum absolute atomic E-state index is 13.0. The minimum absolute atomic E-state index is 0.0472. The molecule has 0 spiro atoms. The summed E-state index contributed by atoms with van der Waals surface area (Å²) in [5.41, 5.74) is 3.25. The number of anilines is 1. The lowest BCUT2D eigenvalue weighted by molar-refractivity contribution is 0.0788. The quantitative estimate of drug-likeness (QED) is 0.627. The fourth-order valence-corrected chi connectivity index (χ4v) is 4.15. The topological polar surface area (TPSA) is 108 Å². The van der Waals surface area contributed by atoms with Crippen LogP contribution in [0.2, 0.25) is 0 Å². The van der Waals surface area contributed by atoms with Crippen molar-refractivity contribution in [2.45, 2.75) is 39.5 Å². The molecule has 0 radical (unpaired) electrons. The number of likely N-dealkylation sites (tertiary alicyclic amines) is 1. The molecule has 4 rings (SSSR count). The number of hydrogen-bond donors (Lipinski definition) is 2. The molecule has 33 heavy (non-hydrogen) atoms. The van der Waals surface area contributed by atoms with Gasteiger partial charge in [-0.15, -0.1) is 0 Å². The second-order valence-corrected chi connectivity index (χ2v) is 8.31. The Morgan fingerprint density at radius 2 is 1.94 bits per heavy atom. The Kier molecular flexibility index (Phi) is 6.35. The number of carbonyl (C=O) groups excluding carboxylic acids is 2. The lowest BCUT2D eigenvalue weighted by Gasteiger charge is -2.17. The molecule has 1 aromatic carbocycles. The van der Waals surface area contributed by atoms with Crippen molar-refractivity contribution in [3.05, 3.63) is 86.9 Å². The third kappa shape index (κ3) is 4.69. The van der Waals surface area contributed by atoms with Crippen LogP contribution in [0.1, 0.15) is 62.8 Å². The molecule has 0 saturated carbocycles. The molecule has 1 aliphatic heterocycles. The third-order valence-corrected chi connectivity index (χ3v) is 6.04. The van der Waals surface area contributed by atoms with E-state index in [1.54, 1.807) is 17.9 Å². The highest BCUT2D eigenvalue weighted by molar-refractivity contribution is 6.04. The number of rotatable bonds is 5. The minimum atomic E-state index is -0.355. The Labute approximate surface area is 192 Å². The van der Waals surface area contributed by atoms with Gasteiger partial charge in [-0.2, -0.15) is 0 Å². The number of nitrogens with one attached hydrogen (secondary N) is 2. The minimum Gasteiger partial charge on any atom is -0.338 e. The first-order valence-electron chi connectivity index (χ1n) is 11.1. The van der Waals surface area contributed by atoms with E-state index in [1.807, 2.05) is 44.2 Å². The summed E-state index contributed by atoms with van der Waals surface area (Å²) in [6.45, 7) is 6.59. The fourth-order valence-electron chi connectivity index (χ4n) is 4.15. The van der Waals surface area contributed by atoms with Crippen LogP contribution in [0.25, 0.3) is 0 Å². The zero-order valence-electron chi connectivity index (χ0n) is 19.0. The van der Waals surface area contributed by atoms with Gasteiger partial charge in [-0.05, 0) is 50.5 Å². The van der Waals surface area contributed by atoms with Crippen molar-refractivity contribution in [3.63, 3.8) is 0 Å². The van der Waals surface area contributed by atoms with Crippen LogP contribution in [-0.4, -0.2) is 44.8 Å². The summed E-state index contributed by atoms with van der Waals surface area (Å²) in [6, 6.07) is 10.9. The number of para-hydroxylation sites is 1. The maximum atomic E-state index is 13.0. The molecule has 0 unspecified atom stereocenters. The SMILES string of the molecule is CCc1[nH]c(=O)c(C(=O)N2CC[C@H](c3ncc(C(=O)Nc4ccccc4)c(C)n3)C2)cc1C. The number of aryl methyl sites for hydroxylation is 3. The van der Waals surface area contributed by atoms with Crippen molar-refractivity contribution in [1.82, 2.24) is 19.9 Å². The standard InChI is InChI=1S/C25H27N5O3/c1-4-21-15(2)12-19(23(31)29-21)25(33)30-11-10-17(14-30)22-26-13-20(16(3)27-22)24(32)28-18-8-6-5-7-9-18/h5-9,12-13,17H,4,10-11,14H2,1-3H3,(H,28,32)(H,29,31)/t17-/m0/s1. The normalized spacial score (nSPS) is 15.5. The molecule has 8 nitrogen and oxygen atoms in total. The lowest BCUT2D eigenvalue weighted by atomic mass is 10.1. The van der Waals surface area contributed by atoms with Gasteiger partial charge in [0.25, 0.3) is 17.4 Å². The summed E-state index contributed by atoms with van der Waals surface area (Å²) in [7, 11) is 0. The van der Waals surface area contributed by atoms with E-state index in [2.05, 4.69) is 20.3 Å². The zero-order chi connectivity index (χ0) is 23.5. The molecule has 2 N–H and O–H groups in total. The first-order valence-corrected chi connectivity index (χ1v) is 11.1. The smallest absolute Gasteiger partial charge is 0.261 e. The lowest BCUT2D eigenvalue weighted by Crippen LogP contribution is -2.33. The van der Waals surface area contributed by atoms with Crippen molar-refractivity contribution in [2.75, 3.05) is 18.4 Å². The fraction of sp³-hybridized carbons (Fsp3) is 0.320. The monoisotopic (exact) mass is 445 g/mol. The van der Waals surface area contributed by atoms with E-state index < -0.39 is 0 Å². The Hall–Kier alpha value is -3.81. The first-order chi connectivity index (χ1) is 15.9. The van der Waals surface area contributed by atoms with Crippen LogP contribution in [0.3, 0.4) is 0 Å². The van der Waals surface area contributed by atoms with Gasteiger partial charge in [0.1, 0.15) is 11.4 Å². The van der Waals surface area contributed by atoms with Crippen LogP contribution in [0.15, 0.2) is 47.4 Å². The summed E-state index contributed by atoms with van der Waals surface area (Å²) in [4.78, 5) is 51.5. The predicted molar refractivity (Wildman–Crippen MR) is 126 cm³/mol. The average molecular weight is 446 g/mol. The summed E-state index contributed by atoms with van der Waals surface area (Å²) in [5.74, 6) is 0.0122. The summed E-state index contributed by atoms with van der Waals surface area (Å²) >= 11 is 0. The molecule has 1 aliphatic rings. The van der Waals surface area contributed by atoms with Gasteiger partial charge in [0.05, 0.1) is 11.3 Å². The molecular weight excluding hydrogens is 418 g/mol. The summed E-state index contributed by atoms with van der Waals surface area (Å²) < 4.78 is 0. The van der Waals surface area contributed by atoms with Crippen LogP contribution in [0.5, 0.6) is 0 Å². The van der Waals surface area contributed by atoms with Crippen LogP contribution in [0, 0.1) is 13.8 Å². The Morgan fingerprint density at radius 1 is 1.18 bits per heavy atom. The molecule has 8 heteroatoms. The molecule has 2 amide bonds. The van der Waals surface area contributed by atoms with Crippen LogP contribution in [0.4, 0.5) is 5.69 Å². The van der Waals surface area contributed by atoms with E-state index in [1.165, 1.54) is 6.20 Å². The molecule has 2 aromatic heterocycles. The molecule has 1 atom stereocenters. The van der Waals surface area contributed by atoms with E-state index in [0.29, 0.717) is 48.7 Å². The van der Waals surface area contributed by atoms with Gasteiger partial charge in [-0.3, -0.25) is 14.4 Å². The van der Waals surface area contributed by atoms with Gasteiger partial charge in [-0.1, -0.05) is 25.1 Å². The molecule has 0 aliphatic carbocycles. The van der Waals surface area contributed by atoms with Crippen molar-refractivity contribution >= 4 is 17.5 Å². The van der Waals surface area contributed by atoms with Crippen molar-refractivity contribution in [2.24, 2.45) is 0 Å². The van der Waals surface area contributed by atoms with Crippen LogP contribution < -0.4 is 10.9 Å². The average Bonchev–Trinajstić information content (AvgIpc) is 3.30. The molecular formula is C25H27N5O3. The number of H-pyrrole nitrogens is 1. The number of aromatic nitrogens is 3. The number of carbonyl (C=O) groups is 2. The van der Waals surface area contributed by atoms with Gasteiger partial charge in [0.2, 0.25) is 0 Å². The van der Waals surface area contributed by atoms with Crippen molar-refractivity contribution in [3.8, 4) is 0 Å². The molecule has 3 heterocycles. The van der Waals surface area contributed by atoms with E-state index in [9.17, 15) is 14.4 Å². The van der Waals surface area contributed by atoms with Gasteiger partial charge in [-0.25, -0.2) is 9.97 Å².